The molecule has 0 fully saturated rings. The Morgan fingerprint density at radius 3 is 2.30 bits per heavy atom. The van der Waals surface area contributed by atoms with Crippen molar-refractivity contribution in [2.75, 3.05) is 11.9 Å². The number of para-hydroxylation sites is 1. The molecule has 0 N–H and O–H groups in total. The largest absolute Gasteiger partial charge is 0.336 e. The summed E-state index contributed by atoms with van der Waals surface area (Å²) in [5.74, 6) is 0. The molecule has 0 aliphatic heterocycles. The first-order valence-corrected chi connectivity index (χ1v) is 8.37. The Morgan fingerprint density at radius 2 is 1.70 bits per heavy atom. The van der Waals surface area contributed by atoms with Crippen LogP contribution in [0, 0.1) is 11.3 Å². The van der Waals surface area contributed by atoms with E-state index in [-0.39, 0.29) is 0 Å². The van der Waals surface area contributed by atoms with Crippen LogP contribution in [0.15, 0.2) is 89.5 Å². The number of rotatable bonds is 6. The smallest absolute Gasteiger partial charge is 0.120 e. The van der Waals surface area contributed by atoms with Crippen LogP contribution >= 0.6 is 11.8 Å². The minimum Gasteiger partial charge on any atom is -0.336 e. The number of hydrogen-bond acceptors (Lipinski definition) is 3. The molecule has 1 atom stereocenters. The molecule has 0 aliphatic carbocycles. The van der Waals surface area contributed by atoms with Crippen LogP contribution in [0.25, 0.3) is 0 Å². The Kier molecular flexibility index (Phi) is 6.53. The number of anilines is 1. The molecule has 1 unspecified atom stereocenters. The summed E-state index contributed by atoms with van der Waals surface area (Å²) in [6.45, 7) is 2.15. The van der Waals surface area contributed by atoms with Crippen molar-refractivity contribution in [3.63, 3.8) is 0 Å². The van der Waals surface area contributed by atoms with Gasteiger partial charge in [-0.05, 0) is 37.3 Å². The van der Waals surface area contributed by atoms with E-state index in [1.54, 1.807) is 11.8 Å². The van der Waals surface area contributed by atoms with Gasteiger partial charge < -0.3 is 4.90 Å². The van der Waals surface area contributed by atoms with Crippen LogP contribution in [0.1, 0.15) is 6.92 Å². The highest BCUT2D eigenvalue weighted by atomic mass is 32.2. The highest BCUT2D eigenvalue weighted by Crippen LogP contribution is 2.23. The van der Waals surface area contributed by atoms with Crippen molar-refractivity contribution in [1.82, 2.24) is 0 Å². The van der Waals surface area contributed by atoms with Crippen molar-refractivity contribution >= 4 is 17.4 Å². The number of allylic oxidation sites excluding steroid dienone is 3. The number of nitrogens with zero attached hydrogens (tertiary/aromatic N) is 2. The molecule has 2 aromatic rings. The molecule has 2 nitrogen and oxygen atoms in total. The lowest BCUT2D eigenvalue weighted by Gasteiger charge is -2.17. The molecular formula is C20H20N2S. The van der Waals surface area contributed by atoms with Gasteiger partial charge in [0.25, 0.3) is 0 Å². The Morgan fingerprint density at radius 1 is 1.09 bits per heavy atom. The van der Waals surface area contributed by atoms with E-state index in [1.165, 1.54) is 4.90 Å². The third kappa shape index (κ3) is 5.36. The number of benzene rings is 2. The van der Waals surface area contributed by atoms with Gasteiger partial charge in [0.15, 0.2) is 0 Å². The first-order valence-electron chi connectivity index (χ1n) is 7.50. The second kappa shape index (κ2) is 8.87. The monoisotopic (exact) mass is 320 g/mol. The average molecular weight is 320 g/mol. The normalized spacial score (nSPS) is 12.8. The summed E-state index contributed by atoms with van der Waals surface area (Å²) in [6, 6.07) is 22.5. The standard InChI is InChI=1S/C20H20N2S/c1-17(23-20-14-7-4-8-15-20)10-9-13-19(16-21)22(2)18-11-5-3-6-12-18/h3-15,17H,1-2H3/b10-9+,19-13-. The fourth-order valence-electron chi connectivity index (χ4n) is 2.07. The zero-order valence-corrected chi connectivity index (χ0v) is 14.2. The summed E-state index contributed by atoms with van der Waals surface area (Å²) in [5.41, 5.74) is 1.62. The van der Waals surface area contributed by atoms with Crippen LogP contribution in [0.2, 0.25) is 0 Å². The molecule has 0 spiro atoms. The zero-order chi connectivity index (χ0) is 16.5. The van der Waals surface area contributed by atoms with Crippen LogP contribution < -0.4 is 4.90 Å². The Balaban J connectivity index is 2.00. The van der Waals surface area contributed by atoms with Crippen molar-refractivity contribution in [3.05, 3.63) is 84.6 Å². The SMILES string of the molecule is CC(/C=C/C=C(/C#N)N(C)c1ccccc1)Sc1ccccc1. The fourth-order valence-corrected chi connectivity index (χ4v) is 2.98. The first kappa shape index (κ1) is 16.9. The predicted octanol–water partition coefficient (Wildman–Crippen LogP) is 5.27. The summed E-state index contributed by atoms with van der Waals surface area (Å²) in [6.07, 6.45) is 5.92. The summed E-state index contributed by atoms with van der Waals surface area (Å²) in [5, 5.41) is 9.70. The van der Waals surface area contributed by atoms with Gasteiger partial charge >= 0.3 is 0 Å². The van der Waals surface area contributed by atoms with Crippen molar-refractivity contribution in [3.8, 4) is 6.07 Å². The molecular weight excluding hydrogens is 300 g/mol. The molecule has 116 valence electrons. The molecule has 0 amide bonds. The van der Waals surface area contributed by atoms with Gasteiger partial charge in [0.2, 0.25) is 0 Å². The van der Waals surface area contributed by atoms with Crippen LogP contribution in [0.4, 0.5) is 5.69 Å². The van der Waals surface area contributed by atoms with E-state index in [2.05, 4.69) is 31.2 Å². The summed E-state index contributed by atoms with van der Waals surface area (Å²) < 4.78 is 0. The Hall–Kier alpha value is -2.44. The quantitative estimate of drug-likeness (QED) is 0.412. The van der Waals surface area contributed by atoms with Gasteiger partial charge in [-0.2, -0.15) is 5.26 Å². The van der Waals surface area contributed by atoms with Gasteiger partial charge in [-0.15, -0.1) is 11.8 Å². The highest BCUT2D eigenvalue weighted by Gasteiger charge is 2.04. The third-order valence-electron chi connectivity index (χ3n) is 3.32. The van der Waals surface area contributed by atoms with Gasteiger partial charge in [0.05, 0.1) is 0 Å². The van der Waals surface area contributed by atoms with Gasteiger partial charge in [-0.25, -0.2) is 0 Å². The predicted molar refractivity (Wildman–Crippen MR) is 99.4 cm³/mol. The zero-order valence-electron chi connectivity index (χ0n) is 13.4. The van der Waals surface area contributed by atoms with Crippen molar-refractivity contribution in [2.24, 2.45) is 0 Å². The summed E-state index contributed by atoms with van der Waals surface area (Å²) in [7, 11) is 1.90. The fraction of sp³-hybridized carbons (Fsp3) is 0.150. The molecule has 23 heavy (non-hydrogen) atoms. The van der Waals surface area contributed by atoms with Crippen LogP contribution in [0.3, 0.4) is 0 Å². The van der Waals surface area contributed by atoms with E-state index in [1.807, 2.05) is 72.6 Å². The molecule has 0 heterocycles. The molecule has 0 saturated heterocycles. The van der Waals surface area contributed by atoms with E-state index >= 15 is 0 Å². The van der Waals surface area contributed by atoms with Crippen LogP contribution in [-0.4, -0.2) is 12.3 Å². The van der Waals surface area contributed by atoms with Crippen LogP contribution in [-0.2, 0) is 0 Å². The topological polar surface area (TPSA) is 27.0 Å². The molecule has 2 aromatic carbocycles. The Labute approximate surface area is 142 Å². The second-order valence-corrected chi connectivity index (χ2v) is 6.53. The van der Waals surface area contributed by atoms with E-state index in [4.69, 9.17) is 0 Å². The number of hydrogen-bond donors (Lipinski definition) is 0. The number of nitriles is 1. The van der Waals surface area contributed by atoms with Gasteiger partial charge in [0, 0.05) is 22.9 Å². The molecule has 0 aliphatic rings. The molecule has 0 aromatic heterocycles. The second-order valence-electron chi connectivity index (χ2n) is 5.08. The van der Waals surface area contributed by atoms with Crippen molar-refractivity contribution in [1.29, 1.82) is 5.26 Å². The molecule has 3 heteroatoms. The molecule has 0 radical (unpaired) electrons. The summed E-state index contributed by atoms with van der Waals surface area (Å²) >= 11 is 1.80. The molecule has 0 bridgehead atoms. The summed E-state index contributed by atoms with van der Waals surface area (Å²) in [4.78, 5) is 3.13. The van der Waals surface area contributed by atoms with Crippen molar-refractivity contribution < 1.29 is 0 Å². The lowest BCUT2D eigenvalue weighted by molar-refractivity contribution is 1.14. The maximum Gasteiger partial charge on any atom is 0.120 e. The maximum absolute atomic E-state index is 9.36. The van der Waals surface area contributed by atoms with E-state index in [9.17, 15) is 5.26 Å². The van der Waals surface area contributed by atoms with Gasteiger partial charge in [-0.3, -0.25) is 0 Å². The minimum atomic E-state index is 0.343. The lowest BCUT2D eigenvalue weighted by Crippen LogP contribution is -2.14. The average Bonchev–Trinajstić information content (AvgIpc) is 2.60. The van der Waals surface area contributed by atoms with Gasteiger partial charge in [0.1, 0.15) is 11.8 Å². The molecule has 0 saturated carbocycles. The molecule has 2 rings (SSSR count). The van der Waals surface area contributed by atoms with Gasteiger partial charge in [-0.1, -0.05) is 48.6 Å². The number of thioether (sulfide) groups is 1. The van der Waals surface area contributed by atoms with Crippen LogP contribution in [0.5, 0.6) is 0 Å². The third-order valence-corrected chi connectivity index (χ3v) is 4.39. The lowest BCUT2D eigenvalue weighted by atomic mass is 10.2. The van der Waals surface area contributed by atoms with E-state index in [0.717, 1.165) is 5.69 Å². The minimum absolute atomic E-state index is 0.343. The van der Waals surface area contributed by atoms with E-state index in [0.29, 0.717) is 10.9 Å². The first-order chi connectivity index (χ1) is 11.2. The Bertz CT molecular complexity index is 699. The van der Waals surface area contributed by atoms with E-state index < -0.39 is 0 Å². The van der Waals surface area contributed by atoms with Crippen molar-refractivity contribution in [2.45, 2.75) is 17.1 Å². The highest BCUT2D eigenvalue weighted by molar-refractivity contribution is 8.00. The maximum atomic E-state index is 9.36.